The molecule has 0 aliphatic carbocycles. The van der Waals surface area contributed by atoms with Gasteiger partial charge in [-0.05, 0) is 18.9 Å². The predicted octanol–water partition coefficient (Wildman–Crippen LogP) is 1.65. The van der Waals surface area contributed by atoms with Crippen molar-refractivity contribution in [2.75, 3.05) is 29.9 Å². The molecule has 2 fully saturated rings. The maximum absolute atomic E-state index is 12.9. The molecule has 2 aliphatic heterocycles. The standard InChI is InChI=1S/C16H19FN6O/c17-12-8-20-14(21-9-12)22-13-7-16(24-10-13)3-1-6-23(11-16)15-18-4-2-5-19-15/h2,4-5,8-9,13H,1,3,6-7,10-11H2,(H,20,21,22). The van der Waals surface area contributed by atoms with E-state index >= 15 is 0 Å². The Hall–Kier alpha value is -2.35. The molecular formula is C16H19FN6O. The van der Waals surface area contributed by atoms with Gasteiger partial charge in [-0.25, -0.2) is 24.3 Å². The molecule has 8 heteroatoms. The molecule has 0 saturated carbocycles. The molecule has 2 unspecified atom stereocenters. The van der Waals surface area contributed by atoms with Crippen molar-refractivity contribution in [1.29, 1.82) is 0 Å². The third kappa shape index (κ3) is 3.14. The summed E-state index contributed by atoms with van der Waals surface area (Å²) in [5, 5.41) is 3.23. The highest BCUT2D eigenvalue weighted by molar-refractivity contribution is 5.32. The molecule has 0 bridgehead atoms. The van der Waals surface area contributed by atoms with Crippen LogP contribution in [-0.2, 0) is 4.74 Å². The highest BCUT2D eigenvalue weighted by Crippen LogP contribution is 2.36. The van der Waals surface area contributed by atoms with Gasteiger partial charge in [0.1, 0.15) is 0 Å². The van der Waals surface area contributed by atoms with E-state index in [-0.39, 0.29) is 11.6 Å². The van der Waals surface area contributed by atoms with Crippen LogP contribution in [0.4, 0.5) is 16.3 Å². The van der Waals surface area contributed by atoms with Crippen LogP contribution in [0.3, 0.4) is 0 Å². The summed E-state index contributed by atoms with van der Waals surface area (Å²) in [6, 6.07) is 1.94. The van der Waals surface area contributed by atoms with Crippen LogP contribution in [0.25, 0.3) is 0 Å². The second-order valence-electron chi connectivity index (χ2n) is 6.34. The maximum atomic E-state index is 12.9. The molecule has 2 aromatic rings. The topological polar surface area (TPSA) is 76.1 Å². The van der Waals surface area contributed by atoms with E-state index < -0.39 is 5.82 Å². The van der Waals surface area contributed by atoms with Crippen LogP contribution in [0.1, 0.15) is 19.3 Å². The Morgan fingerprint density at radius 3 is 2.79 bits per heavy atom. The molecule has 0 aromatic carbocycles. The molecule has 0 amide bonds. The minimum Gasteiger partial charge on any atom is -0.371 e. The summed E-state index contributed by atoms with van der Waals surface area (Å²) < 4.78 is 19.0. The molecule has 7 nitrogen and oxygen atoms in total. The molecule has 2 aromatic heterocycles. The molecular weight excluding hydrogens is 311 g/mol. The van der Waals surface area contributed by atoms with Gasteiger partial charge >= 0.3 is 0 Å². The Morgan fingerprint density at radius 2 is 2.00 bits per heavy atom. The van der Waals surface area contributed by atoms with Gasteiger partial charge in [0, 0.05) is 31.9 Å². The van der Waals surface area contributed by atoms with Crippen molar-refractivity contribution in [2.45, 2.75) is 30.9 Å². The smallest absolute Gasteiger partial charge is 0.225 e. The highest BCUT2D eigenvalue weighted by Gasteiger charge is 2.44. The number of anilines is 2. The summed E-state index contributed by atoms with van der Waals surface area (Å²) in [5.74, 6) is 0.741. The Bertz CT molecular complexity index is 685. The number of nitrogens with one attached hydrogen (secondary N) is 1. The molecule has 1 spiro atoms. The van der Waals surface area contributed by atoms with Crippen LogP contribution < -0.4 is 10.2 Å². The first kappa shape index (κ1) is 15.2. The zero-order valence-electron chi connectivity index (χ0n) is 13.2. The van der Waals surface area contributed by atoms with E-state index in [2.05, 4.69) is 30.2 Å². The fourth-order valence-electron chi connectivity index (χ4n) is 3.51. The Balaban J connectivity index is 1.42. The van der Waals surface area contributed by atoms with Gasteiger partial charge in [0.15, 0.2) is 5.82 Å². The SMILES string of the molecule is Fc1cnc(NC2COC3(CCCN(c4ncccn4)C3)C2)nc1. The molecule has 2 aliphatic rings. The Labute approximate surface area is 139 Å². The van der Waals surface area contributed by atoms with Crippen LogP contribution >= 0.6 is 0 Å². The zero-order valence-corrected chi connectivity index (χ0v) is 13.2. The van der Waals surface area contributed by atoms with E-state index in [0.717, 1.165) is 50.7 Å². The minimum atomic E-state index is -0.439. The number of ether oxygens (including phenoxy) is 1. The molecule has 2 saturated heterocycles. The Kier molecular flexibility index (Phi) is 3.97. The number of nitrogens with zero attached hydrogens (tertiary/aromatic N) is 5. The first-order chi connectivity index (χ1) is 11.7. The normalized spacial score (nSPS) is 26.7. The number of piperidine rings is 1. The monoisotopic (exact) mass is 330 g/mol. The van der Waals surface area contributed by atoms with Gasteiger partial charge in [0.25, 0.3) is 0 Å². The second kappa shape index (κ2) is 6.27. The first-order valence-corrected chi connectivity index (χ1v) is 8.12. The summed E-state index contributed by atoms with van der Waals surface area (Å²) in [6.07, 6.45) is 8.75. The minimum absolute atomic E-state index is 0.118. The number of halogens is 1. The molecule has 2 atom stereocenters. The molecule has 4 heterocycles. The van der Waals surface area contributed by atoms with Crippen molar-refractivity contribution in [3.8, 4) is 0 Å². The van der Waals surface area contributed by atoms with Crippen molar-refractivity contribution in [2.24, 2.45) is 0 Å². The van der Waals surface area contributed by atoms with Crippen molar-refractivity contribution >= 4 is 11.9 Å². The lowest BCUT2D eigenvalue weighted by Crippen LogP contribution is -2.48. The van der Waals surface area contributed by atoms with Gasteiger partial charge in [0.2, 0.25) is 11.9 Å². The van der Waals surface area contributed by atoms with Crippen molar-refractivity contribution in [1.82, 2.24) is 19.9 Å². The van der Waals surface area contributed by atoms with E-state index in [1.165, 1.54) is 0 Å². The zero-order chi connectivity index (χ0) is 16.4. The van der Waals surface area contributed by atoms with Crippen LogP contribution in [0.15, 0.2) is 30.9 Å². The maximum Gasteiger partial charge on any atom is 0.225 e. The van der Waals surface area contributed by atoms with Crippen LogP contribution in [0.5, 0.6) is 0 Å². The number of aromatic nitrogens is 4. The van der Waals surface area contributed by atoms with Crippen LogP contribution in [0, 0.1) is 5.82 Å². The van der Waals surface area contributed by atoms with E-state index in [1.54, 1.807) is 12.4 Å². The fourth-order valence-corrected chi connectivity index (χ4v) is 3.51. The molecule has 126 valence electrons. The van der Waals surface area contributed by atoms with E-state index in [1.807, 2.05) is 6.07 Å². The third-order valence-electron chi connectivity index (χ3n) is 4.54. The summed E-state index contributed by atoms with van der Waals surface area (Å²) >= 11 is 0. The summed E-state index contributed by atoms with van der Waals surface area (Å²) in [7, 11) is 0. The summed E-state index contributed by atoms with van der Waals surface area (Å²) in [5.41, 5.74) is -0.199. The quantitative estimate of drug-likeness (QED) is 0.917. The fraction of sp³-hybridized carbons (Fsp3) is 0.500. The average molecular weight is 330 g/mol. The predicted molar refractivity (Wildman–Crippen MR) is 86.2 cm³/mol. The highest BCUT2D eigenvalue weighted by atomic mass is 19.1. The Morgan fingerprint density at radius 1 is 1.21 bits per heavy atom. The molecule has 0 radical (unpaired) electrons. The third-order valence-corrected chi connectivity index (χ3v) is 4.54. The summed E-state index contributed by atoms with van der Waals surface area (Å²) in [4.78, 5) is 18.8. The second-order valence-corrected chi connectivity index (χ2v) is 6.34. The van der Waals surface area contributed by atoms with Gasteiger partial charge < -0.3 is 15.0 Å². The van der Waals surface area contributed by atoms with Crippen molar-refractivity contribution in [3.63, 3.8) is 0 Å². The van der Waals surface area contributed by atoms with Gasteiger partial charge in [-0.2, -0.15) is 0 Å². The largest absolute Gasteiger partial charge is 0.371 e. The van der Waals surface area contributed by atoms with Crippen molar-refractivity contribution < 1.29 is 9.13 Å². The van der Waals surface area contributed by atoms with E-state index in [0.29, 0.717) is 12.6 Å². The van der Waals surface area contributed by atoms with Gasteiger partial charge in [-0.3, -0.25) is 0 Å². The van der Waals surface area contributed by atoms with E-state index in [9.17, 15) is 4.39 Å². The lowest BCUT2D eigenvalue weighted by atomic mass is 9.89. The summed E-state index contributed by atoms with van der Waals surface area (Å²) in [6.45, 7) is 2.30. The van der Waals surface area contributed by atoms with Gasteiger partial charge in [-0.1, -0.05) is 0 Å². The average Bonchev–Trinajstić information content (AvgIpc) is 2.99. The molecule has 4 rings (SSSR count). The number of hydrogen-bond acceptors (Lipinski definition) is 7. The number of rotatable bonds is 3. The van der Waals surface area contributed by atoms with Gasteiger partial charge in [-0.15, -0.1) is 0 Å². The van der Waals surface area contributed by atoms with Gasteiger partial charge in [0.05, 0.1) is 30.6 Å². The lowest BCUT2D eigenvalue weighted by molar-refractivity contribution is -0.00668. The molecule has 24 heavy (non-hydrogen) atoms. The molecule has 1 N–H and O–H groups in total. The number of hydrogen-bond donors (Lipinski definition) is 1. The lowest BCUT2D eigenvalue weighted by Gasteiger charge is -2.39. The van der Waals surface area contributed by atoms with Crippen LogP contribution in [0.2, 0.25) is 0 Å². The first-order valence-electron chi connectivity index (χ1n) is 8.12. The van der Waals surface area contributed by atoms with Crippen LogP contribution in [-0.4, -0.2) is 51.3 Å². The van der Waals surface area contributed by atoms with Crippen molar-refractivity contribution in [3.05, 3.63) is 36.7 Å². The van der Waals surface area contributed by atoms with E-state index in [4.69, 9.17) is 4.74 Å².